The third-order valence-corrected chi connectivity index (χ3v) is 2.59. The molecule has 0 saturated carbocycles. The van der Waals surface area contributed by atoms with Crippen molar-refractivity contribution >= 4 is 30.7 Å². The maximum atomic E-state index is 10.8. The van der Waals surface area contributed by atoms with Gasteiger partial charge in [0.1, 0.15) is 5.69 Å². The summed E-state index contributed by atoms with van der Waals surface area (Å²) in [6, 6.07) is 1.75. The average Bonchev–Trinajstić information content (AvgIpc) is 2.68. The van der Waals surface area contributed by atoms with E-state index in [9.17, 15) is 4.79 Å². The number of hydrogen-bond donors (Lipinski definition) is 3. The fraction of sp³-hybridized carbons (Fsp3) is 0.556. The SMILES string of the molecule is Cl.Cl.NC(=O)c1cc(C2CCCNC2)[nH]n1. The number of nitrogens with one attached hydrogen (secondary N) is 2. The molecule has 0 radical (unpaired) electrons. The number of aromatic amines is 1. The van der Waals surface area contributed by atoms with Crippen molar-refractivity contribution in [3.63, 3.8) is 0 Å². The molecule has 1 saturated heterocycles. The monoisotopic (exact) mass is 266 g/mol. The van der Waals surface area contributed by atoms with Crippen LogP contribution in [0.3, 0.4) is 0 Å². The smallest absolute Gasteiger partial charge is 0.269 e. The number of nitrogens with two attached hydrogens (primary N) is 1. The summed E-state index contributed by atoms with van der Waals surface area (Å²) >= 11 is 0. The summed E-state index contributed by atoms with van der Waals surface area (Å²) in [5.74, 6) is -0.0411. The molecule has 0 spiro atoms. The second-order valence-electron chi connectivity index (χ2n) is 3.62. The highest BCUT2D eigenvalue weighted by atomic mass is 35.5. The Morgan fingerprint density at radius 3 is 2.75 bits per heavy atom. The van der Waals surface area contributed by atoms with E-state index in [0.29, 0.717) is 11.6 Å². The molecule has 0 aliphatic carbocycles. The number of amides is 1. The molecule has 0 aromatic carbocycles. The van der Waals surface area contributed by atoms with Crippen LogP contribution >= 0.6 is 24.8 Å². The number of carbonyl (C=O) groups excluding carboxylic acids is 1. The summed E-state index contributed by atoms with van der Waals surface area (Å²) in [5, 5.41) is 10.0. The van der Waals surface area contributed by atoms with Crippen LogP contribution in [-0.2, 0) is 0 Å². The van der Waals surface area contributed by atoms with Crippen LogP contribution in [0.25, 0.3) is 0 Å². The fourth-order valence-electron chi connectivity index (χ4n) is 1.79. The molecule has 1 fully saturated rings. The average molecular weight is 267 g/mol. The molecule has 1 aliphatic rings. The van der Waals surface area contributed by atoms with Gasteiger partial charge >= 0.3 is 0 Å². The minimum absolute atomic E-state index is 0. The van der Waals surface area contributed by atoms with Gasteiger partial charge in [-0.25, -0.2) is 0 Å². The van der Waals surface area contributed by atoms with E-state index in [1.165, 1.54) is 0 Å². The van der Waals surface area contributed by atoms with Gasteiger partial charge in [0.05, 0.1) is 0 Å². The number of H-pyrrole nitrogens is 1. The third kappa shape index (κ3) is 3.37. The summed E-state index contributed by atoms with van der Waals surface area (Å²) in [4.78, 5) is 10.8. The highest BCUT2D eigenvalue weighted by Gasteiger charge is 2.18. The van der Waals surface area contributed by atoms with Crippen LogP contribution in [0, 0.1) is 0 Å². The Hall–Kier alpha value is -0.780. The molecule has 2 rings (SSSR count). The molecule has 1 amide bonds. The number of hydrogen-bond acceptors (Lipinski definition) is 3. The lowest BCUT2D eigenvalue weighted by Crippen LogP contribution is -2.28. The molecule has 7 heteroatoms. The fourth-order valence-corrected chi connectivity index (χ4v) is 1.79. The molecule has 1 aliphatic heterocycles. The van der Waals surface area contributed by atoms with Gasteiger partial charge in [-0.3, -0.25) is 9.89 Å². The number of carbonyl (C=O) groups is 1. The summed E-state index contributed by atoms with van der Waals surface area (Å²) in [5.41, 5.74) is 6.45. The highest BCUT2D eigenvalue weighted by molar-refractivity contribution is 5.90. The predicted octanol–water partition coefficient (Wildman–Crippen LogP) is 0.819. The molecule has 16 heavy (non-hydrogen) atoms. The first-order valence-electron chi connectivity index (χ1n) is 4.83. The molecule has 1 atom stereocenters. The standard InChI is InChI=1S/C9H14N4O.2ClH/c10-9(14)8-4-7(12-13-8)6-2-1-3-11-5-6;;/h4,6,11H,1-3,5H2,(H2,10,14)(H,12,13);2*1H. The van der Waals surface area contributed by atoms with E-state index in [4.69, 9.17) is 5.73 Å². The lowest BCUT2D eigenvalue weighted by Gasteiger charge is -2.20. The molecule has 5 nitrogen and oxygen atoms in total. The number of aromatic nitrogens is 2. The molecular formula is C9H16Cl2N4O. The van der Waals surface area contributed by atoms with E-state index in [2.05, 4.69) is 15.5 Å². The van der Waals surface area contributed by atoms with E-state index in [0.717, 1.165) is 31.6 Å². The van der Waals surface area contributed by atoms with Crippen molar-refractivity contribution in [1.29, 1.82) is 0 Å². The number of nitrogens with zero attached hydrogens (tertiary/aromatic N) is 1. The van der Waals surface area contributed by atoms with Gasteiger partial charge in [-0.1, -0.05) is 0 Å². The zero-order valence-corrected chi connectivity index (χ0v) is 10.4. The minimum Gasteiger partial charge on any atom is -0.364 e. The summed E-state index contributed by atoms with van der Waals surface area (Å²) in [6.07, 6.45) is 2.29. The van der Waals surface area contributed by atoms with Crippen molar-refractivity contribution in [1.82, 2.24) is 15.5 Å². The van der Waals surface area contributed by atoms with Crippen LogP contribution in [0.5, 0.6) is 0 Å². The molecular weight excluding hydrogens is 251 g/mol. The highest BCUT2D eigenvalue weighted by Crippen LogP contribution is 2.21. The second kappa shape index (κ2) is 6.73. The van der Waals surface area contributed by atoms with Gasteiger partial charge in [-0.15, -0.1) is 24.8 Å². The lowest BCUT2D eigenvalue weighted by atomic mass is 9.96. The van der Waals surface area contributed by atoms with Crippen molar-refractivity contribution in [2.45, 2.75) is 18.8 Å². The van der Waals surface area contributed by atoms with Crippen molar-refractivity contribution < 1.29 is 4.79 Å². The number of rotatable bonds is 2. The Labute approximate surface area is 106 Å². The third-order valence-electron chi connectivity index (χ3n) is 2.59. The molecule has 1 aromatic rings. The molecule has 2 heterocycles. The van der Waals surface area contributed by atoms with Crippen LogP contribution in [0.2, 0.25) is 0 Å². The first kappa shape index (κ1) is 15.2. The zero-order chi connectivity index (χ0) is 9.97. The molecule has 1 aromatic heterocycles. The number of primary amides is 1. The van der Waals surface area contributed by atoms with E-state index in [-0.39, 0.29) is 24.8 Å². The van der Waals surface area contributed by atoms with Gasteiger partial charge in [-0.05, 0) is 25.5 Å². The quantitative estimate of drug-likeness (QED) is 0.741. The van der Waals surface area contributed by atoms with Crippen LogP contribution in [0.1, 0.15) is 34.9 Å². The van der Waals surface area contributed by atoms with Crippen LogP contribution < -0.4 is 11.1 Å². The Morgan fingerprint density at radius 1 is 1.50 bits per heavy atom. The Bertz CT molecular complexity index is 336. The molecule has 92 valence electrons. The summed E-state index contributed by atoms with van der Waals surface area (Å²) < 4.78 is 0. The summed E-state index contributed by atoms with van der Waals surface area (Å²) in [7, 11) is 0. The largest absolute Gasteiger partial charge is 0.364 e. The first-order chi connectivity index (χ1) is 6.77. The van der Waals surface area contributed by atoms with Crippen molar-refractivity contribution in [2.24, 2.45) is 5.73 Å². The van der Waals surface area contributed by atoms with Crippen molar-refractivity contribution in [2.75, 3.05) is 13.1 Å². The predicted molar refractivity (Wildman–Crippen MR) is 66.4 cm³/mol. The maximum Gasteiger partial charge on any atom is 0.269 e. The Kier molecular flexibility index (Phi) is 6.40. The topological polar surface area (TPSA) is 83.8 Å². The molecule has 0 bridgehead atoms. The van der Waals surface area contributed by atoms with E-state index in [1.54, 1.807) is 6.07 Å². The van der Waals surface area contributed by atoms with E-state index >= 15 is 0 Å². The maximum absolute atomic E-state index is 10.8. The van der Waals surface area contributed by atoms with Crippen molar-refractivity contribution in [3.8, 4) is 0 Å². The Balaban J connectivity index is 0.00000112. The molecule has 4 N–H and O–H groups in total. The van der Waals surface area contributed by atoms with Gasteiger partial charge in [0.15, 0.2) is 0 Å². The van der Waals surface area contributed by atoms with Crippen LogP contribution in [0.15, 0.2) is 6.07 Å². The van der Waals surface area contributed by atoms with E-state index in [1.807, 2.05) is 0 Å². The molecule has 1 unspecified atom stereocenters. The normalized spacial score (nSPS) is 19.4. The number of halogens is 2. The van der Waals surface area contributed by atoms with Gasteiger partial charge in [0.25, 0.3) is 5.91 Å². The zero-order valence-electron chi connectivity index (χ0n) is 8.73. The van der Waals surface area contributed by atoms with Crippen LogP contribution in [-0.4, -0.2) is 29.2 Å². The minimum atomic E-state index is -0.476. The lowest BCUT2D eigenvalue weighted by molar-refractivity contribution is 0.0995. The van der Waals surface area contributed by atoms with E-state index < -0.39 is 5.91 Å². The van der Waals surface area contributed by atoms with Gasteiger partial charge < -0.3 is 11.1 Å². The number of piperidine rings is 1. The van der Waals surface area contributed by atoms with Gasteiger partial charge in [0.2, 0.25) is 0 Å². The van der Waals surface area contributed by atoms with Crippen LogP contribution in [0.4, 0.5) is 0 Å². The Morgan fingerprint density at radius 2 is 2.25 bits per heavy atom. The van der Waals surface area contributed by atoms with Gasteiger partial charge in [0, 0.05) is 18.2 Å². The second-order valence-corrected chi connectivity index (χ2v) is 3.62. The van der Waals surface area contributed by atoms with Gasteiger partial charge in [-0.2, -0.15) is 5.10 Å². The summed E-state index contributed by atoms with van der Waals surface area (Å²) in [6.45, 7) is 2.02. The first-order valence-corrected chi connectivity index (χ1v) is 4.83. The van der Waals surface area contributed by atoms with Crippen molar-refractivity contribution in [3.05, 3.63) is 17.5 Å².